The summed E-state index contributed by atoms with van der Waals surface area (Å²) >= 11 is 7.22. The number of carbonyl (C=O) groups excluding carboxylic acids is 1. The van der Waals surface area contributed by atoms with Crippen molar-refractivity contribution in [3.05, 3.63) is 113 Å². The Morgan fingerprint density at radius 1 is 0.945 bits per heavy atom. The van der Waals surface area contributed by atoms with Gasteiger partial charge in [0, 0.05) is 46.4 Å². The number of hydrogen-bond acceptors (Lipinski definition) is 3. The molecule has 5 aliphatic carbocycles. The number of unbranched alkanes of at least 4 members (excludes halogenated alkanes) is 2. The second-order valence-corrected chi connectivity index (χ2v) is 19.1. The van der Waals surface area contributed by atoms with Crippen LogP contribution in [0.25, 0.3) is 0 Å². The third-order valence-corrected chi connectivity index (χ3v) is 14.7. The summed E-state index contributed by atoms with van der Waals surface area (Å²) < 4.78 is 8.19. The molecule has 0 atom stereocenters. The van der Waals surface area contributed by atoms with Crippen LogP contribution in [0.15, 0.2) is 107 Å². The lowest BCUT2D eigenvalue weighted by atomic mass is 9.49. The van der Waals surface area contributed by atoms with E-state index in [1.54, 1.807) is 0 Å². The maximum absolute atomic E-state index is 12.8. The van der Waals surface area contributed by atoms with Crippen LogP contribution in [0.3, 0.4) is 0 Å². The number of nitrogens with zero attached hydrogens (tertiary/aromatic N) is 2. The molecule has 0 N–H and O–H groups in total. The van der Waals surface area contributed by atoms with Gasteiger partial charge in [-0.15, -0.1) is 0 Å². The van der Waals surface area contributed by atoms with E-state index in [9.17, 15) is 4.79 Å². The first-order valence-electron chi connectivity index (χ1n) is 21.6. The molecule has 2 heterocycles. The van der Waals surface area contributed by atoms with Crippen LogP contribution in [-0.2, 0) is 14.9 Å². The van der Waals surface area contributed by atoms with Crippen LogP contribution >= 0.6 is 11.6 Å². The molecule has 8 rings (SSSR count). The Bertz CT molecular complexity index is 1830. The second kappa shape index (κ2) is 16.6. The number of rotatable bonds is 15. The number of halogens is 1. The molecule has 0 radical (unpaired) electrons. The molecule has 0 saturated heterocycles. The van der Waals surface area contributed by atoms with E-state index in [-0.39, 0.29) is 16.8 Å². The molecule has 4 fully saturated rings. The molecule has 0 aromatic heterocycles. The molecule has 1 aromatic rings. The first-order chi connectivity index (χ1) is 26.4. The van der Waals surface area contributed by atoms with E-state index >= 15 is 0 Å². The van der Waals surface area contributed by atoms with E-state index in [0.717, 1.165) is 80.8 Å². The van der Waals surface area contributed by atoms with E-state index in [4.69, 9.17) is 16.3 Å². The Morgan fingerprint density at radius 3 is 2.38 bits per heavy atom. The summed E-state index contributed by atoms with van der Waals surface area (Å²) in [4.78, 5) is 15.3. The van der Waals surface area contributed by atoms with Crippen LogP contribution in [-0.4, -0.2) is 36.0 Å². The Balaban J connectivity index is 0.971. The first kappa shape index (κ1) is 39.8. The number of anilines is 1. The molecule has 2 aliphatic heterocycles. The van der Waals surface area contributed by atoms with Crippen LogP contribution in [0.2, 0.25) is 0 Å². The van der Waals surface area contributed by atoms with Crippen molar-refractivity contribution in [2.75, 3.05) is 24.6 Å². The van der Waals surface area contributed by atoms with Gasteiger partial charge in [0.15, 0.2) is 11.9 Å². The van der Waals surface area contributed by atoms with Gasteiger partial charge in [0.25, 0.3) is 0 Å². The second-order valence-electron chi connectivity index (χ2n) is 18.7. The molecule has 4 nitrogen and oxygen atoms in total. The fourth-order valence-corrected chi connectivity index (χ4v) is 11.9. The molecular formula is C50H66ClN2O2+. The molecule has 4 saturated carbocycles. The average Bonchev–Trinajstić information content (AvgIpc) is 3.52. The highest BCUT2D eigenvalue weighted by atomic mass is 35.5. The maximum atomic E-state index is 12.8. The average molecular weight is 763 g/mol. The van der Waals surface area contributed by atoms with E-state index in [2.05, 4.69) is 112 Å². The van der Waals surface area contributed by atoms with Gasteiger partial charge in [-0.05, 0) is 150 Å². The largest absolute Gasteiger partial charge is 0.466 e. The normalized spacial score (nSPS) is 29.4. The smallest absolute Gasteiger partial charge is 0.305 e. The highest BCUT2D eigenvalue weighted by molar-refractivity contribution is 6.32. The third kappa shape index (κ3) is 8.37. The SMILES string of the molecule is C=C/C=C\C1=C[N+](CC)=C(/C=C/C2=C(Cl)C(=C/C=C3/N(CCCCCC(=O)OCCC45CC6CC(CC(C6)C4)C5)c4ccccc4C3(C)C)/CCC2)C1(C)C. The Hall–Kier alpha value is -3.37. The molecule has 4 bridgehead atoms. The van der Waals surface area contributed by atoms with Gasteiger partial charge in [-0.3, -0.25) is 4.79 Å². The Kier molecular flexibility index (Phi) is 12.0. The van der Waals surface area contributed by atoms with E-state index < -0.39 is 0 Å². The number of benzene rings is 1. The molecular weight excluding hydrogens is 696 g/mol. The van der Waals surface area contributed by atoms with Crippen LogP contribution in [0, 0.1) is 28.6 Å². The number of fused-ring (bicyclic) bond motifs is 1. The molecule has 0 amide bonds. The third-order valence-electron chi connectivity index (χ3n) is 14.2. The first-order valence-corrected chi connectivity index (χ1v) is 22.0. The molecule has 1 aromatic carbocycles. The maximum Gasteiger partial charge on any atom is 0.305 e. The predicted octanol–water partition coefficient (Wildman–Crippen LogP) is 12.7. The minimum atomic E-state index is -0.124. The molecule has 7 aliphatic rings. The molecule has 294 valence electrons. The summed E-state index contributed by atoms with van der Waals surface area (Å²) in [7, 11) is 0. The van der Waals surface area contributed by atoms with E-state index in [0.29, 0.717) is 18.4 Å². The van der Waals surface area contributed by atoms with E-state index in [1.807, 2.05) is 12.2 Å². The minimum Gasteiger partial charge on any atom is -0.466 e. The highest BCUT2D eigenvalue weighted by Gasteiger charge is 2.50. The summed E-state index contributed by atoms with van der Waals surface area (Å²) in [6.07, 6.45) is 33.6. The highest BCUT2D eigenvalue weighted by Crippen LogP contribution is 2.61. The number of ether oxygens (including phenoxy) is 1. The molecule has 0 unspecified atom stereocenters. The minimum absolute atomic E-state index is 0.00783. The van der Waals surface area contributed by atoms with Gasteiger partial charge in [0.1, 0.15) is 6.54 Å². The van der Waals surface area contributed by atoms with Gasteiger partial charge in [0.05, 0.1) is 12.0 Å². The monoisotopic (exact) mass is 761 g/mol. The van der Waals surface area contributed by atoms with Crippen molar-refractivity contribution in [3.63, 3.8) is 0 Å². The molecule has 5 heteroatoms. The number of para-hydroxylation sites is 1. The zero-order chi connectivity index (χ0) is 38.8. The number of esters is 1. The van der Waals surface area contributed by atoms with Crippen molar-refractivity contribution in [2.45, 2.75) is 130 Å². The summed E-state index contributed by atoms with van der Waals surface area (Å²) in [5, 5.41) is 0.892. The van der Waals surface area contributed by atoms with Gasteiger partial charge in [-0.2, -0.15) is 0 Å². The van der Waals surface area contributed by atoms with Crippen molar-refractivity contribution >= 4 is 29.0 Å². The predicted molar refractivity (Wildman–Crippen MR) is 231 cm³/mol. The van der Waals surface area contributed by atoms with Crippen LogP contribution in [0.4, 0.5) is 5.69 Å². The van der Waals surface area contributed by atoms with Crippen molar-refractivity contribution < 1.29 is 14.1 Å². The topological polar surface area (TPSA) is 32.5 Å². The zero-order valence-corrected chi connectivity index (χ0v) is 35.2. The van der Waals surface area contributed by atoms with Crippen LogP contribution < -0.4 is 4.90 Å². The van der Waals surface area contributed by atoms with Crippen molar-refractivity contribution in [1.82, 2.24) is 0 Å². The van der Waals surface area contributed by atoms with Crippen molar-refractivity contribution in [1.29, 1.82) is 0 Å². The molecule has 0 spiro atoms. The number of carbonyl (C=O) groups is 1. The summed E-state index contributed by atoms with van der Waals surface area (Å²) in [6, 6.07) is 8.85. The zero-order valence-electron chi connectivity index (χ0n) is 34.5. The summed E-state index contributed by atoms with van der Waals surface area (Å²) in [5.74, 6) is 2.83. The van der Waals surface area contributed by atoms with Gasteiger partial charge < -0.3 is 9.64 Å². The summed E-state index contributed by atoms with van der Waals surface area (Å²) in [6.45, 7) is 17.8. The van der Waals surface area contributed by atoms with Crippen molar-refractivity contribution in [2.24, 2.45) is 28.6 Å². The van der Waals surface area contributed by atoms with Crippen LogP contribution in [0.1, 0.15) is 130 Å². The lowest BCUT2D eigenvalue weighted by molar-refractivity contribution is -0.450. The number of hydrogen-bond donors (Lipinski definition) is 0. The lowest BCUT2D eigenvalue weighted by Gasteiger charge is -2.57. The summed E-state index contributed by atoms with van der Waals surface area (Å²) in [5.41, 5.74) is 9.22. The standard InChI is InChI=1S/C50H66ClN2O2/c1-7-9-18-41-35-52(8-2)44(48(41,3)4)24-22-39-16-15-17-40(47(39)51)23-25-45-49(5,6)42-19-12-13-20-43(42)53(45)27-14-10-11-21-46(54)55-28-26-50-32-36-29-37(33-50)31-38(30-36)34-50/h7,9,12-13,18-20,22-25,35-38H,1,8,10-11,14-17,21,26-34H2,2-6H3/q+1/b18-9-. The Morgan fingerprint density at radius 2 is 1.67 bits per heavy atom. The van der Waals surface area contributed by atoms with Gasteiger partial charge in [0.2, 0.25) is 0 Å². The number of allylic oxidation sites excluding steroid dienone is 12. The quantitative estimate of drug-likeness (QED) is 0.0772. The van der Waals surface area contributed by atoms with Crippen LogP contribution in [0.5, 0.6) is 0 Å². The van der Waals surface area contributed by atoms with Crippen molar-refractivity contribution in [3.8, 4) is 0 Å². The van der Waals surface area contributed by atoms with E-state index in [1.165, 1.54) is 77.9 Å². The lowest BCUT2D eigenvalue weighted by Crippen LogP contribution is -2.46. The fraction of sp³-hybridized carbons (Fsp3) is 0.560. The molecule has 55 heavy (non-hydrogen) atoms. The van der Waals surface area contributed by atoms with Gasteiger partial charge in [-0.25, -0.2) is 4.58 Å². The Labute approximate surface area is 337 Å². The van der Waals surface area contributed by atoms with Gasteiger partial charge in [-0.1, -0.05) is 87.0 Å². The van der Waals surface area contributed by atoms with Gasteiger partial charge >= 0.3 is 5.97 Å². The fourth-order valence-electron chi connectivity index (χ4n) is 11.6.